The molecular formula is C18H20FNO2. The van der Waals surface area contributed by atoms with Crippen LogP contribution in [-0.2, 0) is 0 Å². The number of amides is 1. The van der Waals surface area contributed by atoms with Gasteiger partial charge in [0, 0.05) is 5.56 Å². The summed E-state index contributed by atoms with van der Waals surface area (Å²) in [5.41, 5.74) is 3.35. The molecule has 0 saturated carbocycles. The lowest BCUT2D eigenvalue weighted by Gasteiger charge is -2.16. The largest absolute Gasteiger partial charge is 0.494 e. The number of halogens is 1. The summed E-state index contributed by atoms with van der Waals surface area (Å²) in [6, 6.07) is 10.0. The molecule has 0 bridgehead atoms. The molecule has 1 N–H and O–H groups in total. The molecule has 2 aromatic rings. The van der Waals surface area contributed by atoms with E-state index in [9.17, 15) is 9.18 Å². The second-order valence-electron chi connectivity index (χ2n) is 5.34. The minimum Gasteiger partial charge on any atom is -0.494 e. The van der Waals surface area contributed by atoms with Crippen LogP contribution in [0.5, 0.6) is 5.75 Å². The number of hydrogen-bond acceptors (Lipinski definition) is 2. The molecule has 3 nitrogen and oxygen atoms in total. The normalized spacial score (nSPS) is 11.9. The van der Waals surface area contributed by atoms with Crippen molar-refractivity contribution in [2.75, 3.05) is 7.11 Å². The molecule has 0 aromatic heterocycles. The number of rotatable bonds is 4. The Morgan fingerprint density at radius 3 is 2.59 bits per heavy atom. The molecule has 22 heavy (non-hydrogen) atoms. The first-order valence-corrected chi connectivity index (χ1v) is 7.14. The maximum absolute atomic E-state index is 13.8. The minimum absolute atomic E-state index is 0.162. The molecule has 0 saturated heterocycles. The van der Waals surface area contributed by atoms with E-state index >= 15 is 0 Å². The van der Waals surface area contributed by atoms with E-state index in [1.54, 1.807) is 18.2 Å². The number of carbonyl (C=O) groups excluding carboxylic acids is 1. The zero-order valence-corrected chi connectivity index (χ0v) is 13.2. The number of benzene rings is 2. The molecule has 0 aliphatic heterocycles. The number of ether oxygens (including phenoxy) is 1. The molecule has 0 radical (unpaired) electrons. The van der Waals surface area contributed by atoms with E-state index in [0.29, 0.717) is 11.1 Å². The fraction of sp³-hybridized carbons (Fsp3) is 0.278. The molecule has 2 aromatic carbocycles. The summed E-state index contributed by atoms with van der Waals surface area (Å²) in [6.07, 6.45) is 0. The molecule has 0 aliphatic carbocycles. The van der Waals surface area contributed by atoms with Crippen LogP contribution in [-0.4, -0.2) is 13.0 Å². The summed E-state index contributed by atoms with van der Waals surface area (Å²) < 4.78 is 18.6. The lowest BCUT2D eigenvalue weighted by molar-refractivity contribution is 0.0939. The van der Waals surface area contributed by atoms with E-state index < -0.39 is 5.82 Å². The van der Waals surface area contributed by atoms with Gasteiger partial charge in [0.25, 0.3) is 5.91 Å². The average molecular weight is 301 g/mol. The highest BCUT2D eigenvalue weighted by molar-refractivity contribution is 5.96. The van der Waals surface area contributed by atoms with Gasteiger partial charge in [-0.15, -0.1) is 0 Å². The van der Waals surface area contributed by atoms with Gasteiger partial charge >= 0.3 is 0 Å². The third-order valence-corrected chi connectivity index (χ3v) is 3.87. The van der Waals surface area contributed by atoms with Gasteiger partial charge in [0.2, 0.25) is 0 Å². The Balaban J connectivity index is 2.18. The molecule has 116 valence electrons. The van der Waals surface area contributed by atoms with E-state index in [1.165, 1.54) is 13.2 Å². The van der Waals surface area contributed by atoms with E-state index in [2.05, 4.69) is 5.32 Å². The second-order valence-corrected chi connectivity index (χ2v) is 5.34. The third-order valence-electron chi connectivity index (χ3n) is 3.87. The molecule has 1 amide bonds. The van der Waals surface area contributed by atoms with Crippen LogP contribution < -0.4 is 10.1 Å². The summed E-state index contributed by atoms with van der Waals surface area (Å²) >= 11 is 0. The van der Waals surface area contributed by atoms with Crippen molar-refractivity contribution in [3.05, 3.63) is 64.5 Å². The fourth-order valence-electron chi connectivity index (χ4n) is 2.31. The minimum atomic E-state index is -0.437. The lowest BCUT2D eigenvalue weighted by atomic mass is 10.0. The van der Waals surface area contributed by atoms with Crippen LogP contribution in [0.15, 0.2) is 36.4 Å². The first kappa shape index (κ1) is 16.0. The Morgan fingerprint density at radius 1 is 1.23 bits per heavy atom. The first-order valence-electron chi connectivity index (χ1n) is 7.14. The Bertz CT molecular complexity index is 697. The second kappa shape index (κ2) is 6.60. The highest BCUT2D eigenvalue weighted by Crippen LogP contribution is 2.22. The van der Waals surface area contributed by atoms with E-state index in [0.717, 1.165) is 11.1 Å². The van der Waals surface area contributed by atoms with E-state index in [1.807, 2.05) is 32.9 Å². The van der Waals surface area contributed by atoms with Gasteiger partial charge in [0.05, 0.1) is 13.2 Å². The standard InChI is InChI=1S/C18H20FNO2/c1-11-6-5-7-15(12(11)2)18(21)20-13(3)14-8-9-17(22-4)16(19)10-14/h5-10,13H,1-4H3,(H,20,21). The molecule has 0 heterocycles. The zero-order valence-electron chi connectivity index (χ0n) is 13.2. The van der Waals surface area contributed by atoms with Gasteiger partial charge in [-0.25, -0.2) is 4.39 Å². The Labute approximate surface area is 130 Å². The topological polar surface area (TPSA) is 38.3 Å². The van der Waals surface area contributed by atoms with Crippen molar-refractivity contribution in [1.82, 2.24) is 5.32 Å². The molecule has 0 spiro atoms. The van der Waals surface area contributed by atoms with Crippen LogP contribution in [0.25, 0.3) is 0 Å². The number of aryl methyl sites for hydroxylation is 1. The van der Waals surface area contributed by atoms with Gasteiger partial charge < -0.3 is 10.1 Å². The highest BCUT2D eigenvalue weighted by atomic mass is 19.1. The maximum atomic E-state index is 13.8. The van der Waals surface area contributed by atoms with Crippen LogP contribution in [0.2, 0.25) is 0 Å². The van der Waals surface area contributed by atoms with E-state index in [-0.39, 0.29) is 17.7 Å². The summed E-state index contributed by atoms with van der Waals surface area (Å²) in [5, 5.41) is 2.90. The molecule has 1 unspecified atom stereocenters. The molecule has 0 aliphatic rings. The Hall–Kier alpha value is -2.36. The highest BCUT2D eigenvalue weighted by Gasteiger charge is 2.15. The Morgan fingerprint density at radius 2 is 1.95 bits per heavy atom. The van der Waals surface area contributed by atoms with Crippen molar-refractivity contribution < 1.29 is 13.9 Å². The molecular weight excluding hydrogens is 281 g/mol. The number of methoxy groups -OCH3 is 1. The fourth-order valence-corrected chi connectivity index (χ4v) is 2.31. The van der Waals surface area contributed by atoms with Crippen LogP contribution >= 0.6 is 0 Å². The monoisotopic (exact) mass is 301 g/mol. The summed E-state index contributed by atoms with van der Waals surface area (Å²) in [5.74, 6) is -0.408. The van der Waals surface area contributed by atoms with Crippen LogP contribution in [0.3, 0.4) is 0 Å². The molecule has 2 rings (SSSR count). The lowest BCUT2D eigenvalue weighted by Crippen LogP contribution is -2.27. The predicted molar refractivity (Wildman–Crippen MR) is 84.7 cm³/mol. The van der Waals surface area contributed by atoms with Crippen molar-refractivity contribution in [2.45, 2.75) is 26.8 Å². The van der Waals surface area contributed by atoms with Crippen LogP contribution in [0.1, 0.15) is 40.0 Å². The van der Waals surface area contributed by atoms with E-state index in [4.69, 9.17) is 4.74 Å². The van der Waals surface area contributed by atoms with Crippen molar-refractivity contribution in [3.63, 3.8) is 0 Å². The average Bonchev–Trinajstić information content (AvgIpc) is 2.49. The Kier molecular flexibility index (Phi) is 4.81. The molecule has 1 atom stereocenters. The summed E-state index contributed by atoms with van der Waals surface area (Å²) in [4.78, 5) is 12.4. The van der Waals surface area contributed by atoms with Crippen LogP contribution in [0, 0.1) is 19.7 Å². The smallest absolute Gasteiger partial charge is 0.252 e. The SMILES string of the molecule is COc1ccc(C(C)NC(=O)c2cccc(C)c2C)cc1F. The first-order chi connectivity index (χ1) is 10.4. The number of nitrogens with one attached hydrogen (secondary N) is 1. The maximum Gasteiger partial charge on any atom is 0.252 e. The summed E-state index contributed by atoms with van der Waals surface area (Å²) in [6.45, 7) is 5.71. The quantitative estimate of drug-likeness (QED) is 0.929. The van der Waals surface area contributed by atoms with Crippen molar-refractivity contribution in [3.8, 4) is 5.75 Å². The zero-order chi connectivity index (χ0) is 16.3. The van der Waals surface area contributed by atoms with Gasteiger partial charge in [-0.05, 0) is 55.7 Å². The van der Waals surface area contributed by atoms with Gasteiger partial charge in [0.1, 0.15) is 0 Å². The van der Waals surface area contributed by atoms with Crippen molar-refractivity contribution in [2.24, 2.45) is 0 Å². The molecule has 0 fully saturated rings. The van der Waals surface area contributed by atoms with Gasteiger partial charge in [0.15, 0.2) is 11.6 Å². The van der Waals surface area contributed by atoms with Gasteiger partial charge in [-0.2, -0.15) is 0 Å². The number of hydrogen-bond donors (Lipinski definition) is 1. The van der Waals surface area contributed by atoms with Crippen LogP contribution in [0.4, 0.5) is 4.39 Å². The van der Waals surface area contributed by atoms with Gasteiger partial charge in [-0.1, -0.05) is 18.2 Å². The van der Waals surface area contributed by atoms with Crippen molar-refractivity contribution >= 4 is 5.91 Å². The number of carbonyl (C=O) groups is 1. The van der Waals surface area contributed by atoms with Crippen molar-refractivity contribution in [1.29, 1.82) is 0 Å². The molecule has 4 heteroatoms. The van der Waals surface area contributed by atoms with Gasteiger partial charge in [-0.3, -0.25) is 4.79 Å². The predicted octanol–water partition coefficient (Wildman–Crippen LogP) is 3.94. The summed E-state index contributed by atoms with van der Waals surface area (Å²) in [7, 11) is 1.42. The third kappa shape index (κ3) is 3.27.